The molecule has 1 aliphatic heterocycles. The number of imidazole rings is 1. The van der Waals surface area contributed by atoms with Crippen LogP contribution in [0.15, 0.2) is 18.7 Å². The zero-order valence-corrected chi connectivity index (χ0v) is 11.9. The van der Waals surface area contributed by atoms with E-state index >= 15 is 0 Å². The van der Waals surface area contributed by atoms with Crippen molar-refractivity contribution in [3.05, 3.63) is 18.7 Å². The molecule has 0 unspecified atom stereocenters. The Morgan fingerprint density at radius 1 is 1.40 bits per heavy atom. The van der Waals surface area contributed by atoms with Crippen molar-refractivity contribution in [2.24, 2.45) is 0 Å². The molecular formula is C14H24N4O2. The van der Waals surface area contributed by atoms with Crippen LogP contribution in [-0.2, 0) is 16.1 Å². The van der Waals surface area contributed by atoms with Crippen LogP contribution in [-0.4, -0.2) is 47.8 Å². The number of carbonyl (C=O) groups excluding carboxylic acids is 1. The average molecular weight is 280 g/mol. The van der Waals surface area contributed by atoms with Crippen LogP contribution in [0.2, 0.25) is 0 Å². The highest BCUT2D eigenvalue weighted by Crippen LogP contribution is 2.06. The van der Waals surface area contributed by atoms with Crippen molar-refractivity contribution in [2.75, 3.05) is 26.2 Å². The van der Waals surface area contributed by atoms with E-state index in [9.17, 15) is 4.79 Å². The second-order valence-corrected chi connectivity index (χ2v) is 5.12. The number of aryl methyl sites for hydroxylation is 1. The third-order valence-electron chi connectivity index (χ3n) is 3.46. The number of nitrogens with one attached hydrogen (secondary N) is 2. The monoisotopic (exact) mass is 280 g/mol. The summed E-state index contributed by atoms with van der Waals surface area (Å²) in [6, 6.07) is 0. The number of amides is 1. The maximum Gasteiger partial charge on any atom is 0.246 e. The predicted molar refractivity (Wildman–Crippen MR) is 76.3 cm³/mol. The minimum absolute atomic E-state index is 0.00818. The van der Waals surface area contributed by atoms with Gasteiger partial charge in [0.15, 0.2) is 0 Å². The van der Waals surface area contributed by atoms with Crippen molar-refractivity contribution >= 4 is 5.91 Å². The van der Waals surface area contributed by atoms with Crippen LogP contribution >= 0.6 is 0 Å². The molecule has 0 radical (unpaired) electrons. The second-order valence-electron chi connectivity index (χ2n) is 5.12. The molecule has 0 aliphatic carbocycles. The molecule has 0 spiro atoms. The van der Waals surface area contributed by atoms with Gasteiger partial charge in [-0.25, -0.2) is 4.98 Å². The average Bonchev–Trinajstić information content (AvgIpc) is 2.99. The normalized spacial score (nSPS) is 16.2. The first-order valence-electron chi connectivity index (χ1n) is 7.39. The molecule has 0 aromatic carbocycles. The largest absolute Gasteiger partial charge is 0.368 e. The SMILES string of the molecule is O=C(COC1CCNCC1)NCCCCn1ccnc1. The maximum absolute atomic E-state index is 11.6. The van der Waals surface area contributed by atoms with E-state index < -0.39 is 0 Å². The number of aromatic nitrogens is 2. The van der Waals surface area contributed by atoms with Crippen LogP contribution in [0.4, 0.5) is 0 Å². The molecule has 6 heteroatoms. The molecule has 20 heavy (non-hydrogen) atoms. The van der Waals surface area contributed by atoms with Crippen LogP contribution in [0.3, 0.4) is 0 Å². The van der Waals surface area contributed by atoms with E-state index in [1.807, 2.05) is 17.1 Å². The third-order valence-corrected chi connectivity index (χ3v) is 3.46. The van der Waals surface area contributed by atoms with E-state index in [2.05, 4.69) is 15.6 Å². The second kappa shape index (κ2) is 8.71. The summed E-state index contributed by atoms with van der Waals surface area (Å²) in [7, 11) is 0. The summed E-state index contributed by atoms with van der Waals surface area (Å²) in [6.07, 6.45) is 9.78. The Balaban J connectivity index is 1.45. The van der Waals surface area contributed by atoms with Crippen LogP contribution in [0, 0.1) is 0 Å². The van der Waals surface area contributed by atoms with Crippen molar-refractivity contribution in [1.82, 2.24) is 20.2 Å². The van der Waals surface area contributed by atoms with Gasteiger partial charge in [-0.05, 0) is 38.8 Å². The van der Waals surface area contributed by atoms with Gasteiger partial charge in [0.05, 0.1) is 12.4 Å². The number of nitrogens with zero attached hydrogens (tertiary/aromatic N) is 2. The minimum atomic E-state index is -0.00818. The standard InChI is InChI=1S/C14H24N4O2/c19-14(11-20-13-3-6-15-7-4-13)17-5-1-2-9-18-10-8-16-12-18/h8,10,12-13,15H,1-7,9,11H2,(H,17,19). The highest BCUT2D eigenvalue weighted by Gasteiger charge is 2.14. The van der Waals surface area contributed by atoms with Crippen molar-refractivity contribution in [3.8, 4) is 0 Å². The van der Waals surface area contributed by atoms with Gasteiger partial charge in [0.2, 0.25) is 5.91 Å². The number of ether oxygens (including phenoxy) is 1. The number of rotatable bonds is 8. The van der Waals surface area contributed by atoms with E-state index in [1.165, 1.54) is 0 Å². The van der Waals surface area contributed by atoms with Crippen molar-refractivity contribution in [2.45, 2.75) is 38.3 Å². The fraction of sp³-hybridized carbons (Fsp3) is 0.714. The molecule has 2 rings (SSSR count). The summed E-state index contributed by atoms with van der Waals surface area (Å²) in [6.45, 7) is 3.82. The fourth-order valence-electron chi connectivity index (χ4n) is 2.27. The molecule has 1 amide bonds. The van der Waals surface area contributed by atoms with E-state index in [0.717, 1.165) is 45.3 Å². The van der Waals surface area contributed by atoms with Gasteiger partial charge >= 0.3 is 0 Å². The molecule has 0 bridgehead atoms. The summed E-state index contributed by atoms with van der Waals surface area (Å²) >= 11 is 0. The Hall–Kier alpha value is -1.40. The Morgan fingerprint density at radius 3 is 3.00 bits per heavy atom. The molecule has 6 nitrogen and oxygen atoms in total. The smallest absolute Gasteiger partial charge is 0.246 e. The molecule has 1 saturated heterocycles. The zero-order chi connectivity index (χ0) is 14.0. The van der Waals surface area contributed by atoms with Gasteiger partial charge < -0.3 is 19.9 Å². The Bertz CT molecular complexity index is 375. The first-order chi connectivity index (χ1) is 9.84. The van der Waals surface area contributed by atoms with Crippen LogP contribution < -0.4 is 10.6 Å². The number of unbranched alkanes of at least 4 members (excludes halogenated alkanes) is 1. The Labute approximate surface area is 119 Å². The van der Waals surface area contributed by atoms with Gasteiger partial charge in [0, 0.05) is 25.5 Å². The van der Waals surface area contributed by atoms with E-state index in [1.54, 1.807) is 6.20 Å². The van der Waals surface area contributed by atoms with Gasteiger partial charge in [0.25, 0.3) is 0 Å². The molecule has 2 N–H and O–H groups in total. The molecule has 1 fully saturated rings. The Morgan fingerprint density at radius 2 is 2.25 bits per heavy atom. The van der Waals surface area contributed by atoms with Crippen LogP contribution in [0.25, 0.3) is 0 Å². The number of hydrogen-bond donors (Lipinski definition) is 2. The maximum atomic E-state index is 11.6. The lowest BCUT2D eigenvalue weighted by Crippen LogP contribution is -2.36. The van der Waals surface area contributed by atoms with E-state index in [4.69, 9.17) is 4.74 Å². The van der Waals surface area contributed by atoms with Crippen molar-refractivity contribution < 1.29 is 9.53 Å². The first-order valence-corrected chi connectivity index (χ1v) is 7.39. The van der Waals surface area contributed by atoms with Crippen molar-refractivity contribution in [3.63, 3.8) is 0 Å². The number of carbonyl (C=O) groups is 1. The predicted octanol–water partition coefficient (Wildman–Crippen LogP) is 0.548. The van der Waals surface area contributed by atoms with E-state index in [-0.39, 0.29) is 18.6 Å². The quantitative estimate of drug-likeness (QED) is 0.682. The molecule has 1 aromatic rings. The van der Waals surface area contributed by atoms with Gasteiger partial charge in [-0.1, -0.05) is 0 Å². The highest BCUT2D eigenvalue weighted by molar-refractivity contribution is 5.77. The molecule has 1 aromatic heterocycles. The number of hydrogen-bond acceptors (Lipinski definition) is 4. The lowest BCUT2D eigenvalue weighted by atomic mass is 10.1. The van der Waals surface area contributed by atoms with Crippen molar-refractivity contribution in [1.29, 1.82) is 0 Å². The summed E-state index contributed by atoms with van der Waals surface area (Å²) in [5.41, 5.74) is 0. The van der Waals surface area contributed by atoms with Crippen LogP contribution in [0.5, 0.6) is 0 Å². The molecule has 0 atom stereocenters. The molecule has 1 aliphatic rings. The van der Waals surface area contributed by atoms with Gasteiger partial charge in [0.1, 0.15) is 6.61 Å². The lowest BCUT2D eigenvalue weighted by molar-refractivity contribution is -0.128. The summed E-state index contributed by atoms with van der Waals surface area (Å²) in [4.78, 5) is 15.6. The number of piperidine rings is 1. The third kappa shape index (κ3) is 5.71. The van der Waals surface area contributed by atoms with Gasteiger partial charge in [-0.2, -0.15) is 0 Å². The Kier molecular flexibility index (Phi) is 6.53. The molecule has 2 heterocycles. The first kappa shape index (κ1) is 15.0. The molecule has 0 saturated carbocycles. The summed E-state index contributed by atoms with van der Waals surface area (Å²) in [5.74, 6) is -0.00818. The summed E-state index contributed by atoms with van der Waals surface area (Å²) < 4.78 is 7.64. The fourth-order valence-corrected chi connectivity index (χ4v) is 2.27. The topological polar surface area (TPSA) is 68.2 Å². The summed E-state index contributed by atoms with van der Waals surface area (Å²) in [5, 5.41) is 6.17. The van der Waals surface area contributed by atoms with E-state index in [0.29, 0.717) is 6.54 Å². The lowest BCUT2D eigenvalue weighted by Gasteiger charge is -2.22. The van der Waals surface area contributed by atoms with Gasteiger partial charge in [-0.3, -0.25) is 4.79 Å². The minimum Gasteiger partial charge on any atom is -0.368 e. The highest BCUT2D eigenvalue weighted by atomic mass is 16.5. The zero-order valence-electron chi connectivity index (χ0n) is 11.9. The molecular weight excluding hydrogens is 256 g/mol. The molecule has 112 valence electrons. The van der Waals surface area contributed by atoms with Gasteiger partial charge in [-0.15, -0.1) is 0 Å². The van der Waals surface area contributed by atoms with Crippen LogP contribution in [0.1, 0.15) is 25.7 Å².